The summed E-state index contributed by atoms with van der Waals surface area (Å²) in [4.78, 5) is 2.53. The molecule has 1 heterocycles. The van der Waals surface area contributed by atoms with Gasteiger partial charge >= 0.3 is 0 Å². The van der Waals surface area contributed by atoms with Gasteiger partial charge in [0, 0.05) is 32.7 Å². The molecule has 4 aromatic carbocycles. The van der Waals surface area contributed by atoms with Crippen LogP contribution in [0.15, 0.2) is 102 Å². The van der Waals surface area contributed by atoms with Gasteiger partial charge in [-0.1, -0.05) is 97.1 Å². The smallest absolute Gasteiger partial charge is 0.0542 e. The minimum Gasteiger partial charge on any atom is -0.295 e. The van der Waals surface area contributed by atoms with E-state index in [-0.39, 0.29) is 0 Å². The second kappa shape index (κ2) is 9.15. The van der Waals surface area contributed by atoms with E-state index >= 15 is 0 Å². The van der Waals surface area contributed by atoms with Crippen molar-refractivity contribution >= 4 is 17.0 Å². The van der Waals surface area contributed by atoms with Gasteiger partial charge < -0.3 is 0 Å². The molecule has 0 saturated carbocycles. The number of piperazine rings is 1. The largest absolute Gasteiger partial charge is 0.295 e. The van der Waals surface area contributed by atoms with Crippen molar-refractivity contribution in [3.05, 3.63) is 108 Å². The molecule has 1 saturated heterocycles. The molecule has 0 spiro atoms. The summed E-state index contributed by atoms with van der Waals surface area (Å²) >= 11 is 0. The summed E-state index contributed by atoms with van der Waals surface area (Å²) in [6, 6.07) is 34.4. The van der Waals surface area contributed by atoms with Crippen LogP contribution in [0.2, 0.25) is 0 Å². The Balaban J connectivity index is 1.17. The van der Waals surface area contributed by atoms with Gasteiger partial charge in [0.2, 0.25) is 0 Å². The zero-order chi connectivity index (χ0) is 20.9. The van der Waals surface area contributed by atoms with Crippen molar-refractivity contribution in [2.24, 2.45) is 5.10 Å². The highest BCUT2D eigenvalue weighted by atomic mass is 15.5. The first kappa shape index (κ1) is 19.5. The third-order valence-corrected chi connectivity index (χ3v) is 6.01. The summed E-state index contributed by atoms with van der Waals surface area (Å²) in [5, 5.41) is 9.60. The van der Waals surface area contributed by atoms with Gasteiger partial charge in [0.1, 0.15) is 0 Å². The molecule has 3 heteroatoms. The molecule has 0 bridgehead atoms. The van der Waals surface area contributed by atoms with Crippen LogP contribution < -0.4 is 0 Å². The van der Waals surface area contributed by atoms with Crippen molar-refractivity contribution in [3.63, 3.8) is 0 Å². The molecule has 1 fully saturated rings. The predicted octanol–water partition coefficient (Wildman–Crippen LogP) is 5.66. The first-order valence-corrected chi connectivity index (χ1v) is 11.0. The molecule has 1 aliphatic rings. The highest BCUT2D eigenvalue weighted by Gasteiger charge is 2.16. The van der Waals surface area contributed by atoms with Crippen molar-refractivity contribution in [2.75, 3.05) is 26.2 Å². The number of benzene rings is 4. The average molecular weight is 406 g/mol. The van der Waals surface area contributed by atoms with E-state index < -0.39 is 0 Å². The normalized spacial score (nSPS) is 15.0. The molecule has 0 radical (unpaired) electrons. The summed E-state index contributed by atoms with van der Waals surface area (Å²) < 4.78 is 0. The molecule has 4 aromatic rings. The molecule has 0 aliphatic carbocycles. The molecule has 5 rings (SSSR count). The van der Waals surface area contributed by atoms with Crippen LogP contribution in [-0.2, 0) is 6.54 Å². The van der Waals surface area contributed by atoms with Crippen LogP contribution in [-0.4, -0.2) is 42.3 Å². The Morgan fingerprint density at radius 1 is 0.645 bits per heavy atom. The van der Waals surface area contributed by atoms with Crippen LogP contribution in [0.5, 0.6) is 0 Å². The molecule has 1 aliphatic heterocycles. The van der Waals surface area contributed by atoms with E-state index in [4.69, 9.17) is 5.10 Å². The lowest BCUT2D eigenvalue weighted by atomic mass is 10.0. The summed E-state index contributed by atoms with van der Waals surface area (Å²) in [5.74, 6) is 0. The summed E-state index contributed by atoms with van der Waals surface area (Å²) in [6.07, 6.45) is 1.98. The van der Waals surface area contributed by atoms with Crippen molar-refractivity contribution in [1.29, 1.82) is 0 Å². The predicted molar refractivity (Wildman–Crippen MR) is 130 cm³/mol. The van der Waals surface area contributed by atoms with Gasteiger partial charge in [-0.05, 0) is 33.0 Å². The Morgan fingerprint density at radius 3 is 2.13 bits per heavy atom. The van der Waals surface area contributed by atoms with Crippen LogP contribution in [0, 0.1) is 0 Å². The molecule has 3 nitrogen and oxygen atoms in total. The molecule has 154 valence electrons. The SMILES string of the molecule is C(=N\N1CCN(Cc2cccc3ccccc23)CC1)/c1ccc(-c2ccccc2)cc1. The number of hydrogen-bond acceptors (Lipinski definition) is 3. The lowest BCUT2D eigenvalue weighted by molar-refractivity contribution is 0.131. The second-order valence-corrected chi connectivity index (χ2v) is 8.10. The third-order valence-electron chi connectivity index (χ3n) is 6.01. The molecule has 0 N–H and O–H groups in total. The van der Waals surface area contributed by atoms with Crippen molar-refractivity contribution in [3.8, 4) is 11.1 Å². The topological polar surface area (TPSA) is 18.8 Å². The fraction of sp³-hybridized carbons (Fsp3) is 0.179. The van der Waals surface area contributed by atoms with E-state index in [1.54, 1.807) is 0 Å². The van der Waals surface area contributed by atoms with E-state index in [0.29, 0.717) is 0 Å². The molecule has 0 atom stereocenters. The molecular formula is C28H27N3. The van der Waals surface area contributed by atoms with E-state index in [0.717, 1.165) is 38.3 Å². The maximum absolute atomic E-state index is 4.73. The van der Waals surface area contributed by atoms with Crippen molar-refractivity contribution in [2.45, 2.75) is 6.54 Å². The van der Waals surface area contributed by atoms with Gasteiger partial charge in [-0.3, -0.25) is 9.91 Å². The van der Waals surface area contributed by atoms with E-state index in [1.807, 2.05) is 12.3 Å². The summed E-state index contributed by atoms with van der Waals surface area (Å²) in [5.41, 5.74) is 5.03. The number of hydrogen-bond donors (Lipinski definition) is 0. The molecule has 0 amide bonds. The molecular weight excluding hydrogens is 378 g/mol. The van der Waals surface area contributed by atoms with E-state index in [2.05, 4.69) is 101 Å². The minimum absolute atomic E-state index is 0.962. The Kier molecular flexibility index (Phi) is 5.76. The van der Waals surface area contributed by atoms with Crippen LogP contribution in [0.4, 0.5) is 0 Å². The van der Waals surface area contributed by atoms with Gasteiger partial charge in [0.25, 0.3) is 0 Å². The first-order valence-electron chi connectivity index (χ1n) is 11.0. The van der Waals surface area contributed by atoms with Gasteiger partial charge in [-0.2, -0.15) is 5.10 Å². The van der Waals surface area contributed by atoms with Crippen LogP contribution >= 0.6 is 0 Å². The van der Waals surface area contributed by atoms with E-state index in [9.17, 15) is 0 Å². The molecule has 0 unspecified atom stereocenters. The number of nitrogens with zero attached hydrogens (tertiary/aromatic N) is 3. The summed E-state index contributed by atoms with van der Waals surface area (Å²) in [7, 11) is 0. The highest BCUT2D eigenvalue weighted by molar-refractivity contribution is 5.85. The first-order chi connectivity index (χ1) is 15.3. The van der Waals surface area contributed by atoms with Crippen LogP contribution in [0.25, 0.3) is 21.9 Å². The number of hydrazone groups is 1. The highest BCUT2D eigenvalue weighted by Crippen LogP contribution is 2.21. The number of fused-ring (bicyclic) bond motifs is 1. The zero-order valence-electron chi connectivity index (χ0n) is 17.7. The lowest BCUT2D eigenvalue weighted by Gasteiger charge is -2.33. The van der Waals surface area contributed by atoms with Crippen molar-refractivity contribution in [1.82, 2.24) is 9.91 Å². The zero-order valence-corrected chi connectivity index (χ0v) is 17.7. The number of rotatable bonds is 5. The molecule has 31 heavy (non-hydrogen) atoms. The van der Waals surface area contributed by atoms with Gasteiger partial charge in [0.05, 0.1) is 6.21 Å². The third kappa shape index (κ3) is 4.68. The van der Waals surface area contributed by atoms with Crippen LogP contribution in [0.3, 0.4) is 0 Å². The Morgan fingerprint density at radius 2 is 1.32 bits per heavy atom. The quantitative estimate of drug-likeness (QED) is 0.399. The minimum atomic E-state index is 0.962. The Hall–Kier alpha value is -3.43. The standard InChI is InChI=1S/C28H27N3/c1-2-7-24(8-3-1)25-15-13-23(14-16-25)21-29-31-19-17-30(18-20-31)22-27-11-6-10-26-9-4-5-12-28(26)27/h1-16,21H,17-20,22H2/b29-21+. The average Bonchev–Trinajstić information content (AvgIpc) is 2.85. The van der Waals surface area contributed by atoms with Gasteiger partial charge in [0.15, 0.2) is 0 Å². The monoisotopic (exact) mass is 405 g/mol. The fourth-order valence-corrected chi connectivity index (χ4v) is 4.22. The van der Waals surface area contributed by atoms with Crippen LogP contribution in [0.1, 0.15) is 11.1 Å². The summed E-state index contributed by atoms with van der Waals surface area (Å²) in [6.45, 7) is 4.99. The van der Waals surface area contributed by atoms with E-state index in [1.165, 1.54) is 27.5 Å². The Bertz CT molecular complexity index is 1150. The fourth-order valence-electron chi connectivity index (χ4n) is 4.22. The second-order valence-electron chi connectivity index (χ2n) is 8.10. The maximum atomic E-state index is 4.73. The lowest BCUT2D eigenvalue weighted by Crippen LogP contribution is -2.43. The van der Waals surface area contributed by atoms with Gasteiger partial charge in [-0.25, -0.2) is 0 Å². The Labute approximate surface area is 184 Å². The molecule has 0 aromatic heterocycles. The maximum Gasteiger partial charge on any atom is 0.0542 e. The van der Waals surface area contributed by atoms with Crippen molar-refractivity contribution < 1.29 is 0 Å². The van der Waals surface area contributed by atoms with Gasteiger partial charge in [-0.15, -0.1) is 0 Å².